The van der Waals surface area contributed by atoms with E-state index in [1.807, 2.05) is 40.8 Å². The summed E-state index contributed by atoms with van der Waals surface area (Å²) < 4.78 is 64.0. The lowest BCUT2D eigenvalue weighted by Gasteiger charge is -2.39. The molecule has 1 aliphatic rings. The number of aromatic nitrogens is 4. The number of hydrogen-bond donors (Lipinski definition) is 8. The number of hydrogen-bond acceptors (Lipinski definition) is 19. The van der Waals surface area contributed by atoms with Gasteiger partial charge in [-0.05, 0) is 115 Å². The summed E-state index contributed by atoms with van der Waals surface area (Å²) in [5.74, 6) is -2.62. The number of rotatable bonds is 15. The predicted molar refractivity (Wildman–Crippen MR) is 281 cm³/mol. The number of aryl methyl sites for hydroxylation is 1. The van der Waals surface area contributed by atoms with E-state index in [0.717, 1.165) is 17.3 Å². The summed E-state index contributed by atoms with van der Waals surface area (Å²) in [4.78, 5) is 64.5. The molecule has 0 aliphatic carbocycles. The number of aliphatic hydroxyl groups excluding tert-OH is 3. The second kappa shape index (κ2) is 35.0. The van der Waals surface area contributed by atoms with Gasteiger partial charge in [0.2, 0.25) is 18.8 Å². The van der Waals surface area contributed by atoms with Crippen LogP contribution in [0.2, 0.25) is 0 Å². The van der Waals surface area contributed by atoms with Crippen molar-refractivity contribution in [3.05, 3.63) is 106 Å². The molecule has 0 spiro atoms. The zero-order valence-corrected chi connectivity index (χ0v) is 46.0. The number of aliphatic hydroxyl groups is 3. The van der Waals surface area contributed by atoms with Crippen molar-refractivity contribution in [1.29, 1.82) is 0 Å². The lowest BCUT2D eigenvalue weighted by molar-refractivity contribution is -0.246. The van der Waals surface area contributed by atoms with Gasteiger partial charge in [-0.15, -0.1) is 0 Å². The van der Waals surface area contributed by atoms with E-state index in [1.165, 1.54) is 27.9 Å². The number of imidazole rings is 1. The van der Waals surface area contributed by atoms with Crippen LogP contribution in [0.3, 0.4) is 0 Å². The van der Waals surface area contributed by atoms with Gasteiger partial charge in [0.1, 0.15) is 30.2 Å². The molecule has 0 bridgehead atoms. The van der Waals surface area contributed by atoms with Crippen molar-refractivity contribution >= 4 is 42.6 Å². The first-order valence-electron chi connectivity index (χ1n) is 24.4. The number of amides is 1. The molecule has 4 unspecified atom stereocenters. The van der Waals surface area contributed by atoms with Crippen LogP contribution in [-0.2, 0) is 87.2 Å². The van der Waals surface area contributed by atoms with Crippen LogP contribution in [0.4, 0.5) is 13.6 Å². The minimum absolute atomic E-state index is 0.116. The average molecular weight is 1120 g/mol. The van der Waals surface area contributed by atoms with E-state index in [9.17, 15) is 33.8 Å². The molecule has 1 fully saturated rings. The maximum Gasteiger partial charge on any atom is 0.506 e. The summed E-state index contributed by atoms with van der Waals surface area (Å²) in [6.45, 7) is 13.0. The van der Waals surface area contributed by atoms with Crippen LogP contribution in [0.5, 0.6) is 5.75 Å². The fourth-order valence-electron chi connectivity index (χ4n) is 7.68. The zero-order valence-electron chi connectivity index (χ0n) is 46.0. The first-order valence-corrected chi connectivity index (χ1v) is 24.4. The number of fused-ring (bicyclic) bond motifs is 1. The topological polar surface area (TPSA) is 372 Å². The third kappa shape index (κ3) is 22.7. The Hall–Kier alpha value is -7.62. The van der Waals surface area contributed by atoms with E-state index in [1.54, 1.807) is 58.7 Å². The molecule has 0 saturated carbocycles. The Labute approximate surface area is 456 Å². The molecule has 5 aromatic rings. The van der Waals surface area contributed by atoms with Crippen LogP contribution in [0.1, 0.15) is 107 Å². The van der Waals surface area contributed by atoms with Gasteiger partial charge in [-0.25, -0.2) is 18.6 Å². The lowest BCUT2D eigenvalue weighted by Crippen LogP contribution is -2.53. The molecule has 11 N–H and O–H groups in total. The Balaban J connectivity index is 0.000000644. The molecule has 24 nitrogen and oxygen atoms in total. The van der Waals surface area contributed by atoms with Crippen molar-refractivity contribution in [2.75, 3.05) is 20.4 Å². The van der Waals surface area contributed by atoms with Crippen molar-refractivity contribution in [2.24, 2.45) is 29.7 Å². The summed E-state index contributed by atoms with van der Waals surface area (Å²) in [5, 5.41) is 47.9. The number of ether oxygens (including phenoxy) is 6. The van der Waals surface area contributed by atoms with Gasteiger partial charge < -0.3 is 75.6 Å². The molecule has 5 atom stereocenters. The smallest absolute Gasteiger partial charge is 0.483 e. The second-order valence-electron chi connectivity index (χ2n) is 18.2. The van der Waals surface area contributed by atoms with Crippen LogP contribution < -0.4 is 21.9 Å². The summed E-state index contributed by atoms with van der Waals surface area (Å²) in [6.07, 6.45) is 0.749. The molecule has 1 amide bonds. The monoisotopic (exact) mass is 1120 g/mol. The minimum atomic E-state index is -1.37. The second-order valence-corrected chi connectivity index (χ2v) is 18.2. The van der Waals surface area contributed by atoms with Gasteiger partial charge in [-0.1, -0.05) is 32.9 Å². The number of carbonyl (C=O) groups is 6. The number of methoxy groups -OCH3 is 1. The normalized spacial score (nSPS) is 15.6. The summed E-state index contributed by atoms with van der Waals surface area (Å²) in [6, 6.07) is 11.4. The maximum atomic E-state index is 15.0. The highest BCUT2D eigenvalue weighted by Gasteiger charge is 2.43. The van der Waals surface area contributed by atoms with Crippen LogP contribution >= 0.6 is 0 Å². The highest BCUT2D eigenvalue weighted by molar-refractivity contribution is 5.69. The quantitative estimate of drug-likeness (QED) is 0.0305. The van der Waals surface area contributed by atoms with Crippen LogP contribution in [0.15, 0.2) is 54.9 Å². The number of carbonyl (C=O) groups excluding carboxylic acids is 4. The molecule has 3 aromatic heterocycles. The van der Waals surface area contributed by atoms with Crippen LogP contribution in [-0.4, -0.2) is 127 Å². The standard InChI is InChI=1S/C27H32F2N4O2.C20H27NO9.C3H6O2.CH5NO.CH3NO.CH2O2/c1-16-19(25(31-32(16)5)26(35)27(2,3)4)7-6-8-21-20(10-11-22(28)24(21)29)17-9-12-23-30-13-18(15-34)33(23)14-17;1-11-8-17(28-12(2)22)18(29-13(3)23)19(27-11)30-16-5-4-14(10-26-20(24)25)9-15(16)6-7-21;1-3(4)5-2;3*2-1-3/h9-14,26,34-35H,6-8,15H2,1-5H3;4-5,9,11,17-19H,6-8,10,21H2,1-3H3,(H,24,25);1-2H3;3H,1-2H2;1H,(H2,2,3);1H,(H,2,3)/t;11?,17?,18-,19?;;;;/m.1..../s1. The van der Waals surface area contributed by atoms with Gasteiger partial charge >= 0.3 is 24.1 Å². The molecule has 26 heteroatoms. The number of halogens is 2. The third-order valence-corrected chi connectivity index (χ3v) is 11.3. The van der Waals surface area contributed by atoms with E-state index in [4.69, 9.17) is 49.6 Å². The molecule has 6 rings (SSSR count). The van der Waals surface area contributed by atoms with Gasteiger partial charge in [0.15, 0.2) is 11.6 Å². The van der Waals surface area contributed by atoms with Crippen molar-refractivity contribution in [3.63, 3.8) is 0 Å². The Morgan fingerprint density at radius 3 is 2.08 bits per heavy atom. The molecule has 1 aliphatic heterocycles. The fourth-order valence-corrected chi connectivity index (χ4v) is 7.68. The fraction of sp³-hybridized carbons (Fsp3) is 0.472. The molecule has 2 aromatic carbocycles. The third-order valence-electron chi connectivity index (χ3n) is 11.3. The molecule has 0 radical (unpaired) electrons. The van der Waals surface area contributed by atoms with Gasteiger partial charge in [0.05, 0.1) is 44.1 Å². The molecule has 438 valence electrons. The zero-order chi connectivity index (χ0) is 60.2. The maximum absolute atomic E-state index is 15.0. The van der Waals surface area contributed by atoms with Gasteiger partial charge in [0, 0.05) is 46.1 Å². The van der Waals surface area contributed by atoms with Crippen LogP contribution in [0, 0.1) is 24.0 Å². The van der Waals surface area contributed by atoms with E-state index in [0.29, 0.717) is 89.3 Å². The van der Waals surface area contributed by atoms with E-state index in [2.05, 4.69) is 31.0 Å². The molecule has 1 saturated heterocycles. The first kappa shape index (κ1) is 69.4. The number of esters is 3. The highest BCUT2D eigenvalue weighted by atomic mass is 19.2. The Bertz CT molecular complexity index is 2720. The molecular weight excluding hydrogens is 1040 g/mol. The van der Waals surface area contributed by atoms with Crippen LogP contribution in [0.25, 0.3) is 16.8 Å². The number of nitrogens with zero attached hydrogens (tertiary/aromatic N) is 4. The predicted octanol–water partition coefficient (Wildman–Crippen LogP) is 4.70. The first-order chi connectivity index (χ1) is 37.2. The van der Waals surface area contributed by atoms with Crippen molar-refractivity contribution < 1.29 is 91.5 Å². The Kier molecular flexibility index (Phi) is 30.7. The van der Waals surface area contributed by atoms with Gasteiger partial charge in [-0.2, -0.15) is 5.10 Å². The number of carboxylic acid groups (broad SMARTS) is 2. The summed E-state index contributed by atoms with van der Waals surface area (Å²) in [7, 11) is 3.19. The Morgan fingerprint density at radius 2 is 1.54 bits per heavy atom. The van der Waals surface area contributed by atoms with E-state index >= 15 is 4.39 Å². The lowest BCUT2D eigenvalue weighted by atomic mass is 9.85. The molecular formula is C53H75F2N7O17. The summed E-state index contributed by atoms with van der Waals surface area (Å²) >= 11 is 0. The molecule has 79 heavy (non-hydrogen) atoms. The van der Waals surface area contributed by atoms with E-state index < -0.39 is 54.3 Å². The number of nitrogens with two attached hydrogens (primary N) is 3. The van der Waals surface area contributed by atoms with Gasteiger partial charge in [0.25, 0.3) is 6.47 Å². The minimum Gasteiger partial charge on any atom is -0.483 e. The SMILES string of the molecule is CC(=O)OC1CC(C)OC(Oc2ccc(COC(=O)O)cc2CCN)[C@@H]1OC(C)=O.COC(C)=O.Cc1c(CCCc2c(-c3ccc4ncc(CO)n4c3)ccc(F)c2F)c(C(O)C(C)(C)C)nn1C.NC=O.NCO.O=CO. The average Bonchev–Trinajstić information content (AvgIpc) is 3.92. The highest BCUT2D eigenvalue weighted by Crippen LogP contribution is 2.36. The molecule has 4 heterocycles. The van der Waals surface area contributed by atoms with Crippen molar-refractivity contribution in [1.82, 2.24) is 19.2 Å². The number of pyridine rings is 1. The van der Waals surface area contributed by atoms with Crippen molar-refractivity contribution in [2.45, 2.75) is 131 Å². The number of benzene rings is 2. The summed E-state index contributed by atoms with van der Waals surface area (Å²) in [5.41, 5.74) is 20.6. The van der Waals surface area contributed by atoms with Crippen molar-refractivity contribution in [3.8, 4) is 16.9 Å². The number of primary amides is 1. The van der Waals surface area contributed by atoms with Gasteiger partial charge in [-0.3, -0.25) is 28.7 Å². The largest absolute Gasteiger partial charge is 0.506 e. The van der Waals surface area contributed by atoms with E-state index in [-0.39, 0.29) is 50.3 Å². The Morgan fingerprint density at radius 1 is 0.949 bits per heavy atom.